The van der Waals surface area contributed by atoms with Crippen molar-refractivity contribution in [3.63, 3.8) is 0 Å². The maximum atomic E-state index is 5.66. The van der Waals surface area contributed by atoms with Gasteiger partial charge < -0.3 is 4.74 Å². The molecule has 0 radical (unpaired) electrons. The molecular formula is C33H45NO. The van der Waals surface area contributed by atoms with Crippen molar-refractivity contribution in [1.29, 1.82) is 0 Å². The number of morpholine rings is 1. The summed E-state index contributed by atoms with van der Waals surface area (Å²) in [4.78, 5) is 2.78. The van der Waals surface area contributed by atoms with Gasteiger partial charge in [-0.25, -0.2) is 0 Å². The second kappa shape index (κ2) is 8.59. The molecule has 0 amide bonds. The monoisotopic (exact) mass is 471 g/mol. The second-order valence-electron chi connectivity index (χ2n) is 13.5. The lowest BCUT2D eigenvalue weighted by Gasteiger charge is -2.61. The zero-order chi connectivity index (χ0) is 23.6. The largest absolute Gasteiger partial charge is 0.379 e. The van der Waals surface area contributed by atoms with Gasteiger partial charge in [0.1, 0.15) is 0 Å². The molecule has 2 nitrogen and oxygen atoms in total. The Labute approximate surface area is 212 Å². The van der Waals surface area contributed by atoms with Gasteiger partial charge in [-0.15, -0.1) is 0 Å². The van der Waals surface area contributed by atoms with E-state index in [0.29, 0.717) is 10.8 Å². The molecular weight excluding hydrogens is 426 g/mol. The molecule has 1 saturated heterocycles. The van der Waals surface area contributed by atoms with Gasteiger partial charge in [-0.2, -0.15) is 0 Å². The number of fused-ring (bicyclic) bond motifs is 6. The maximum Gasteiger partial charge on any atom is 0.0594 e. The molecule has 5 aliphatic rings. The normalized spacial score (nSPS) is 43.9. The van der Waals surface area contributed by atoms with E-state index in [2.05, 4.69) is 61.2 Å². The van der Waals surface area contributed by atoms with E-state index in [0.717, 1.165) is 61.9 Å². The molecule has 0 aromatic heterocycles. The van der Waals surface area contributed by atoms with E-state index in [9.17, 15) is 0 Å². The molecule has 0 bridgehead atoms. The van der Waals surface area contributed by atoms with Gasteiger partial charge in [-0.3, -0.25) is 4.90 Å². The molecule has 1 aliphatic heterocycles. The summed E-state index contributed by atoms with van der Waals surface area (Å²) in [7, 11) is 0. The summed E-state index contributed by atoms with van der Waals surface area (Å²) in [6.45, 7) is 9.66. The number of benzene rings is 2. The van der Waals surface area contributed by atoms with Crippen LogP contribution in [0.3, 0.4) is 0 Å². The number of hydrogen-bond donors (Lipinski definition) is 0. The highest BCUT2D eigenvalue weighted by Gasteiger charge is 2.60. The molecule has 0 unspecified atom stereocenters. The summed E-state index contributed by atoms with van der Waals surface area (Å²) in [5, 5.41) is 2.81. The minimum atomic E-state index is 0.498. The van der Waals surface area contributed by atoms with Crippen molar-refractivity contribution in [3.05, 3.63) is 48.0 Å². The van der Waals surface area contributed by atoms with Gasteiger partial charge in [-0.05, 0) is 115 Å². The molecule has 2 heteroatoms. The molecule has 0 N–H and O–H groups in total. The Morgan fingerprint density at radius 3 is 2.40 bits per heavy atom. The van der Waals surface area contributed by atoms with Gasteiger partial charge in [0.05, 0.1) is 13.2 Å². The van der Waals surface area contributed by atoms with Crippen LogP contribution < -0.4 is 0 Å². The summed E-state index contributed by atoms with van der Waals surface area (Å²) in [6, 6.07) is 17.1. The van der Waals surface area contributed by atoms with E-state index < -0.39 is 0 Å². The van der Waals surface area contributed by atoms with E-state index in [4.69, 9.17) is 4.74 Å². The first-order chi connectivity index (χ1) is 17.1. The van der Waals surface area contributed by atoms with Crippen LogP contribution in [-0.2, 0) is 4.74 Å². The highest BCUT2D eigenvalue weighted by Crippen LogP contribution is 2.69. The molecule has 188 valence electrons. The van der Waals surface area contributed by atoms with E-state index in [1.165, 1.54) is 68.6 Å². The standard InChI is InChI=1S/C33H45NO/c1-32-15-13-27(34-17-19-35-20-18-34)22-26(32)9-10-28-30-12-11-29(33(30,2)16-14-31(28)32)25-8-7-23-5-3-4-6-24(23)21-25/h3-8,21,26-31H,9-20,22H2,1-2H3/t26-,27-,28-,29+,30-,31-,32-,33+/m0/s1. The van der Waals surface area contributed by atoms with Crippen LogP contribution in [0.1, 0.15) is 83.1 Å². The van der Waals surface area contributed by atoms with Gasteiger partial charge in [0, 0.05) is 19.1 Å². The molecule has 7 rings (SSSR count). The lowest BCUT2D eigenvalue weighted by atomic mass is 9.44. The fourth-order valence-electron chi connectivity index (χ4n) is 10.5. The van der Waals surface area contributed by atoms with Crippen LogP contribution in [0.15, 0.2) is 42.5 Å². The van der Waals surface area contributed by atoms with Gasteiger partial charge >= 0.3 is 0 Å². The van der Waals surface area contributed by atoms with E-state index in [1.807, 2.05) is 0 Å². The maximum absolute atomic E-state index is 5.66. The molecule has 4 saturated carbocycles. The van der Waals surface area contributed by atoms with Gasteiger partial charge in [0.25, 0.3) is 0 Å². The highest BCUT2D eigenvalue weighted by molar-refractivity contribution is 5.83. The first-order valence-electron chi connectivity index (χ1n) is 14.9. The number of ether oxygens (including phenoxy) is 1. The molecule has 1 heterocycles. The summed E-state index contributed by atoms with van der Waals surface area (Å²) in [6.07, 6.45) is 13.2. The quantitative estimate of drug-likeness (QED) is 0.445. The third kappa shape index (κ3) is 3.57. The molecule has 2 aromatic carbocycles. The Hall–Kier alpha value is -1.38. The lowest BCUT2D eigenvalue weighted by molar-refractivity contribution is -0.121. The van der Waals surface area contributed by atoms with Crippen molar-refractivity contribution in [2.24, 2.45) is 34.5 Å². The van der Waals surface area contributed by atoms with Crippen LogP contribution in [0.25, 0.3) is 10.8 Å². The van der Waals surface area contributed by atoms with Gasteiger partial charge in [-0.1, -0.05) is 56.3 Å². The molecule has 4 aliphatic carbocycles. The summed E-state index contributed by atoms with van der Waals surface area (Å²) in [5.41, 5.74) is 2.71. The SMILES string of the molecule is C[C@]12CC[C@H](N3CCOCC3)C[C@@H]1CC[C@@H]1[C@@H]2CC[C@]2(C)[C@@H](c3ccc4ccccc4c3)CC[C@@H]12. The third-order valence-corrected chi connectivity index (χ3v) is 12.4. The smallest absolute Gasteiger partial charge is 0.0594 e. The van der Waals surface area contributed by atoms with Crippen molar-refractivity contribution >= 4 is 10.8 Å². The Balaban J connectivity index is 1.11. The first kappa shape index (κ1) is 22.8. The van der Waals surface area contributed by atoms with Crippen LogP contribution in [-0.4, -0.2) is 37.2 Å². The fraction of sp³-hybridized carbons (Fsp3) is 0.697. The van der Waals surface area contributed by atoms with Crippen molar-refractivity contribution in [2.45, 2.75) is 83.6 Å². The molecule has 8 atom stereocenters. The van der Waals surface area contributed by atoms with Crippen LogP contribution in [0.5, 0.6) is 0 Å². The van der Waals surface area contributed by atoms with Crippen molar-refractivity contribution in [2.75, 3.05) is 26.3 Å². The van der Waals surface area contributed by atoms with Crippen LogP contribution in [0, 0.1) is 34.5 Å². The zero-order valence-electron chi connectivity index (χ0n) is 22.1. The Bertz CT molecular complexity index is 1070. The molecule has 2 aromatic rings. The van der Waals surface area contributed by atoms with Crippen molar-refractivity contribution in [1.82, 2.24) is 4.90 Å². The van der Waals surface area contributed by atoms with Crippen molar-refractivity contribution in [3.8, 4) is 0 Å². The average Bonchev–Trinajstić information content (AvgIpc) is 3.25. The average molecular weight is 472 g/mol. The Morgan fingerprint density at radius 1 is 0.771 bits per heavy atom. The number of nitrogens with zero attached hydrogens (tertiary/aromatic N) is 1. The second-order valence-corrected chi connectivity index (χ2v) is 13.5. The summed E-state index contributed by atoms with van der Waals surface area (Å²) in [5.74, 6) is 4.58. The predicted octanol–water partition coefficient (Wildman–Crippen LogP) is 7.67. The Kier molecular flexibility index (Phi) is 5.59. The number of rotatable bonds is 2. The van der Waals surface area contributed by atoms with E-state index in [-0.39, 0.29) is 0 Å². The van der Waals surface area contributed by atoms with E-state index >= 15 is 0 Å². The number of hydrogen-bond acceptors (Lipinski definition) is 2. The molecule has 35 heavy (non-hydrogen) atoms. The topological polar surface area (TPSA) is 12.5 Å². The minimum Gasteiger partial charge on any atom is -0.379 e. The first-order valence-corrected chi connectivity index (χ1v) is 14.9. The Morgan fingerprint density at radius 2 is 1.54 bits per heavy atom. The van der Waals surface area contributed by atoms with Crippen LogP contribution in [0.4, 0.5) is 0 Å². The summed E-state index contributed by atoms with van der Waals surface area (Å²) < 4.78 is 5.66. The predicted molar refractivity (Wildman–Crippen MR) is 145 cm³/mol. The van der Waals surface area contributed by atoms with Gasteiger partial charge in [0.2, 0.25) is 0 Å². The minimum absolute atomic E-state index is 0.498. The lowest BCUT2D eigenvalue weighted by Crippen LogP contribution is -2.56. The van der Waals surface area contributed by atoms with Crippen LogP contribution in [0.2, 0.25) is 0 Å². The highest BCUT2D eigenvalue weighted by atomic mass is 16.5. The summed E-state index contributed by atoms with van der Waals surface area (Å²) >= 11 is 0. The molecule has 5 fully saturated rings. The van der Waals surface area contributed by atoms with Gasteiger partial charge in [0.15, 0.2) is 0 Å². The fourth-order valence-corrected chi connectivity index (χ4v) is 10.5. The van der Waals surface area contributed by atoms with Crippen LogP contribution >= 0.6 is 0 Å². The molecule has 0 spiro atoms. The van der Waals surface area contributed by atoms with E-state index in [1.54, 1.807) is 5.56 Å². The zero-order valence-corrected chi connectivity index (χ0v) is 22.1. The third-order valence-electron chi connectivity index (χ3n) is 12.4. The van der Waals surface area contributed by atoms with Crippen molar-refractivity contribution < 1.29 is 4.74 Å².